The van der Waals surface area contributed by atoms with Crippen molar-refractivity contribution in [3.05, 3.63) is 22.7 Å². The Morgan fingerprint density at radius 1 is 1.27 bits per heavy atom. The smallest absolute Gasteiger partial charge is 0.255 e. The molecule has 1 aromatic rings. The molecule has 1 saturated carbocycles. The summed E-state index contributed by atoms with van der Waals surface area (Å²) in [5.41, 5.74) is 6.63. The average molecular weight is 402 g/mol. The molecule has 2 fully saturated rings. The number of nitrogen functional groups attached to an aromatic ring is 1. The van der Waals surface area contributed by atoms with Gasteiger partial charge in [0.2, 0.25) is 0 Å². The van der Waals surface area contributed by atoms with Crippen LogP contribution in [0.5, 0.6) is 5.75 Å². The Bertz CT molecular complexity index is 613. The average Bonchev–Trinajstić information content (AvgIpc) is 3.11. The van der Waals surface area contributed by atoms with Crippen molar-refractivity contribution < 1.29 is 9.53 Å². The van der Waals surface area contributed by atoms with E-state index in [9.17, 15) is 4.79 Å². The molecule has 7 heteroatoms. The molecule has 0 bridgehead atoms. The SMILES string of the molecule is COc1cc(N)c(Cl)cc1C(=O)NC1CCN(CC2CCCC2)CC1.Cl. The lowest BCUT2D eigenvalue weighted by molar-refractivity contribution is 0.0903. The lowest BCUT2D eigenvalue weighted by atomic mass is 10.0. The van der Waals surface area contributed by atoms with Crippen molar-refractivity contribution in [3.8, 4) is 5.75 Å². The fourth-order valence-corrected chi connectivity index (χ4v) is 4.16. The van der Waals surface area contributed by atoms with Gasteiger partial charge in [-0.3, -0.25) is 4.79 Å². The van der Waals surface area contributed by atoms with Gasteiger partial charge in [0.25, 0.3) is 5.91 Å². The second-order valence-electron chi connectivity index (χ2n) is 7.27. The highest BCUT2D eigenvalue weighted by Crippen LogP contribution is 2.29. The van der Waals surface area contributed by atoms with Crippen molar-refractivity contribution in [1.29, 1.82) is 0 Å². The van der Waals surface area contributed by atoms with Crippen LogP contribution in [-0.2, 0) is 0 Å². The number of benzene rings is 1. The number of ether oxygens (including phenoxy) is 1. The Hall–Kier alpha value is -1.17. The number of hydrogen-bond acceptors (Lipinski definition) is 4. The minimum atomic E-state index is -0.145. The Kier molecular flexibility index (Phi) is 7.86. The summed E-state index contributed by atoms with van der Waals surface area (Å²) in [5, 5.41) is 3.50. The van der Waals surface area contributed by atoms with Crippen LogP contribution in [0.4, 0.5) is 5.69 Å². The third kappa shape index (κ3) is 5.18. The Balaban J connectivity index is 0.00000243. The minimum Gasteiger partial charge on any atom is -0.496 e. The van der Waals surface area contributed by atoms with Gasteiger partial charge in [-0.15, -0.1) is 12.4 Å². The summed E-state index contributed by atoms with van der Waals surface area (Å²) in [7, 11) is 1.53. The molecule has 1 amide bonds. The number of likely N-dealkylation sites (tertiary alicyclic amines) is 1. The third-order valence-electron chi connectivity index (χ3n) is 5.48. The lowest BCUT2D eigenvalue weighted by Crippen LogP contribution is -2.45. The molecule has 1 aromatic carbocycles. The third-order valence-corrected chi connectivity index (χ3v) is 5.80. The number of amides is 1. The highest BCUT2D eigenvalue weighted by atomic mass is 35.5. The number of piperidine rings is 1. The maximum atomic E-state index is 12.6. The van der Waals surface area contributed by atoms with Crippen LogP contribution in [0.15, 0.2) is 12.1 Å². The standard InChI is InChI=1S/C19H28ClN3O2.ClH/c1-25-18-11-17(21)16(20)10-15(18)19(24)22-14-6-8-23(9-7-14)12-13-4-2-3-5-13;/h10-11,13-14H,2-9,12,21H2,1H3,(H,22,24);1H. The van der Waals surface area contributed by atoms with Crippen molar-refractivity contribution in [3.63, 3.8) is 0 Å². The van der Waals surface area contributed by atoms with E-state index in [4.69, 9.17) is 22.1 Å². The molecule has 0 unspecified atom stereocenters. The van der Waals surface area contributed by atoms with Crippen molar-refractivity contribution >= 4 is 35.6 Å². The van der Waals surface area contributed by atoms with Crippen LogP contribution in [0.1, 0.15) is 48.9 Å². The number of nitrogens with two attached hydrogens (primary N) is 1. The number of nitrogens with one attached hydrogen (secondary N) is 1. The summed E-state index contributed by atoms with van der Waals surface area (Å²) in [5.74, 6) is 1.19. The van der Waals surface area contributed by atoms with Crippen LogP contribution in [0.25, 0.3) is 0 Å². The first-order valence-corrected chi connectivity index (χ1v) is 9.61. The molecule has 5 nitrogen and oxygen atoms in total. The molecule has 1 aliphatic heterocycles. The van der Waals surface area contributed by atoms with Gasteiger partial charge in [-0.2, -0.15) is 0 Å². The summed E-state index contributed by atoms with van der Waals surface area (Å²) in [6, 6.07) is 3.38. The van der Waals surface area contributed by atoms with E-state index in [0.29, 0.717) is 22.0 Å². The summed E-state index contributed by atoms with van der Waals surface area (Å²) in [4.78, 5) is 15.2. The van der Waals surface area contributed by atoms with Crippen LogP contribution in [0.3, 0.4) is 0 Å². The van der Waals surface area contributed by atoms with Gasteiger partial charge in [0.1, 0.15) is 5.75 Å². The van der Waals surface area contributed by atoms with Crippen LogP contribution >= 0.6 is 24.0 Å². The maximum absolute atomic E-state index is 12.6. The molecule has 146 valence electrons. The molecule has 26 heavy (non-hydrogen) atoms. The van der Waals surface area contributed by atoms with E-state index in [0.717, 1.165) is 31.8 Å². The molecular formula is C19H29Cl2N3O2. The van der Waals surface area contributed by atoms with E-state index in [1.807, 2.05) is 0 Å². The van der Waals surface area contributed by atoms with Crippen molar-refractivity contribution in [1.82, 2.24) is 10.2 Å². The molecular weight excluding hydrogens is 373 g/mol. The van der Waals surface area contributed by atoms with E-state index in [1.165, 1.54) is 39.3 Å². The number of carbonyl (C=O) groups excluding carboxylic acids is 1. The number of anilines is 1. The van der Waals surface area contributed by atoms with Crippen molar-refractivity contribution in [2.24, 2.45) is 5.92 Å². The first kappa shape index (κ1) is 21.1. The van der Waals surface area contributed by atoms with E-state index in [-0.39, 0.29) is 24.4 Å². The van der Waals surface area contributed by atoms with Gasteiger partial charge in [0, 0.05) is 31.7 Å². The van der Waals surface area contributed by atoms with Crippen LogP contribution in [-0.4, -0.2) is 43.6 Å². The van der Waals surface area contributed by atoms with Crippen molar-refractivity contribution in [2.45, 2.75) is 44.6 Å². The van der Waals surface area contributed by atoms with Crippen LogP contribution in [0.2, 0.25) is 5.02 Å². The number of carbonyl (C=O) groups is 1. The summed E-state index contributed by atoms with van der Waals surface area (Å²) >= 11 is 6.06. The van der Waals surface area contributed by atoms with Gasteiger partial charge in [0.05, 0.1) is 23.4 Å². The fourth-order valence-electron chi connectivity index (χ4n) is 4.00. The predicted octanol–water partition coefficient (Wildman–Crippen LogP) is 3.74. The van der Waals surface area contributed by atoms with Crippen LogP contribution < -0.4 is 15.8 Å². The van der Waals surface area contributed by atoms with Crippen molar-refractivity contribution in [2.75, 3.05) is 32.5 Å². The minimum absolute atomic E-state index is 0. The van der Waals surface area contributed by atoms with Gasteiger partial charge in [0.15, 0.2) is 0 Å². The molecule has 1 aliphatic carbocycles. The lowest BCUT2D eigenvalue weighted by Gasteiger charge is -2.34. The zero-order valence-electron chi connectivity index (χ0n) is 15.3. The zero-order valence-corrected chi connectivity index (χ0v) is 16.9. The van der Waals surface area contributed by atoms with Gasteiger partial charge < -0.3 is 20.7 Å². The van der Waals surface area contributed by atoms with Crippen LogP contribution in [0, 0.1) is 5.92 Å². The van der Waals surface area contributed by atoms with E-state index in [1.54, 1.807) is 12.1 Å². The highest BCUT2D eigenvalue weighted by Gasteiger charge is 2.25. The molecule has 2 aliphatic rings. The van der Waals surface area contributed by atoms with E-state index >= 15 is 0 Å². The molecule has 0 atom stereocenters. The summed E-state index contributed by atoms with van der Waals surface area (Å²) in [6.45, 7) is 3.34. The maximum Gasteiger partial charge on any atom is 0.255 e. The number of methoxy groups -OCH3 is 1. The van der Waals surface area contributed by atoms with Gasteiger partial charge >= 0.3 is 0 Å². The zero-order chi connectivity index (χ0) is 17.8. The topological polar surface area (TPSA) is 67.6 Å². The second kappa shape index (κ2) is 9.67. The summed E-state index contributed by atoms with van der Waals surface area (Å²) in [6.07, 6.45) is 7.53. The number of halogens is 2. The first-order chi connectivity index (χ1) is 12.1. The molecule has 3 rings (SSSR count). The fraction of sp³-hybridized carbons (Fsp3) is 0.632. The molecule has 3 N–H and O–H groups in total. The Labute approximate surface area is 167 Å². The number of rotatable bonds is 5. The van der Waals surface area contributed by atoms with Gasteiger partial charge in [-0.25, -0.2) is 0 Å². The largest absolute Gasteiger partial charge is 0.496 e. The highest BCUT2D eigenvalue weighted by molar-refractivity contribution is 6.33. The molecule has 0 radical (unpaired) electrons. The molecule has 0 aromatic heterocycles. The van der Waals surface area contributed by atoms with Gasteiger partial charge in [-0.05, 0) is 37.7 Å². The van der Waals surface area contributed by atoms with E-state index in [2.05, 4.69) is 10.2 Å². The first-order valence-electron chi connectivity index (χ1n) is 9.23. The molecule has 0 spiro atoms. The monoisotopic (exact) mass is 401 g/mol. The number of nitrogens with zero attached hydrogens (tertiary/aromatic N) is 1. The number of hydrogen-bond donors (Lipinski definition) is 2. The predicted molar refractivity (Wildman–Crippen MR) is 109 cm³/mol. The normalized spacial score (nSPS) is 19.2. The summed E-state index contributed by atoms with van der Waals surface area (Å²) < 4.78 is 5.28. The van der Waals surface area contributed by atoms with Gasteiger partial charge in [-0.1, -0.05) is 24.4 Å². The second-order valence-corrected chi connectivity index (χ2v) is 7.68. The molecule has 1 heterocycles. The van der Waals surface area contributed by atoms with E-state index < -0.39 is 0 Å². The molecule has 1 saturated heterocycles. The Morgan fingerprint density at radius 3 is 2.54 bits per heavy atom. The Morgan fingerprint density at radius 2 is 1.92 bits per heavy atom. The quantitative estimate of drug-likeness (QED) is 0.737.